The van der Waals surface area contributed by atoms with Gasteiger partial charge < -0.3 is 0 Å². The molecule has 1 aromatic heterocycles. The van der Waals surface area contributed by atoms with E-state index in [2.05, 4.69) is 15.0 Å². The first-order valence-corrected chi connectivity index (χ1v) is 7.61. The van der Waals surface area contributed by atoms with E-state index in [1.807, 2.05) is 4.68 Å². The van der Waals surface area contributed by atoms with Crippen molar-refractivity contribution in [2.24, 2.45) is 0 Å². The van der Waals surface area contributed by atoms with Gasteiger partial charge in [-0.15, -0.1) is 0 Å². The van der Waals surface area contributed by atoms with Crippen molar-refractivity contribution in [2.75, 3.05) is 13.1 Å². The fraction of sp³-hybridized carbons (Fsp3) is 0.467. The summed E-state index contributed by atoms with van der Waals surface area (Å²) in [5.41, 5.74) is 0.616. The molecule has 3 rings (SSSR count). The Morgan fingerprint density at radius 2 is 2.29 bits per heavy atom. The largest absolute Gasteiger partial charge is 0.298 e. The highest BCUT2D eigenvalue weighted by Crippen LogP contribution is 2.23. The van der Waals surface area contributed by atoms with Crippen LogP contribution in [0.25, 0.3) is 0 Å². The van der Waals surface area contributed by atoms with Crippen LogP contribution >= 0.6 is 11.6 Å². The minimum atomic E-state index is -0.213. The fourth-order valence-electron chi connectivity index (χ4n) is 2.97. The average Bonchev–Trinajstić information content (AvgIpc) is 3.11. The topological polar surface area (TPSA) is 34.0 Å². The Kier molecular flexibility index (Phi) is 4.51. The lowest BCUT2D eigenvalue weighted by Crippen LogP contribution is -2.34. The summed E-state index contributed by atoms with van der Waals surface area (Å²) in [5.74, 6) is -0.213. The van der Waals surface area contributed by atoms with Gasteiger partial charge in [-0.3, -0.25) is 9.58 Å². The summed E-state index contributed by atoms with van der Waals surface area (Å²) in [6, 6.07) is 5.30. The van der Waals surface area contributed by atoms with Gasteiger partial charge in [0.05, 0.1) is 6.54 Å². The van der Waals surface area contributed by atoms with E-state index in [0.29, 0.717) is 23.0 Å². The molecule has 0 N–H and O–H groups in total. The third-order valence-electron chi connectivity index (χ3n) is 4.07. The van der Waals surface area contributed by atoms with E-state index in [-0.39, 0.29) is 5.82 Å². The first-order chi connectivity index (χ1) is 10.2. The van der Waals surface area contributed by atoms with Gasteiger partial charge in [0.2, 0.25) is 0 Å². The molecule has 0 amide bonds. The molecule has 1 aliphatic rings. The predicted molar refractivity (Wildman–Crippen MR) is 79.7 cm³/mol. The summed E-state index contributed by atoms with van der Waals surface area (Å²) < 4.78 is 15.7. The van der Waals surface area contributed by atoms with Crippen LogP contribution in [0.5, 0.6) is 0 Å². The zero-order chi connectivity index (χ0) is 14.7. The minimum Gasteiger partial charge on any atom is -0.298 e. The number of halogens is 2. The van der Waals surface area contributed by atoms with Crippen LogP contribution in [0.4, 0.5) is 4.39 Å². The fourth-order valence-corrected chi connectivity index (χ4v) is 3.22. The number of likely N-dealkylation sites (tertiary alicyclic amines) is 1. The van der Waals surface area contributed by atoms with Crippen LogP contribution < -0.4 is 0 Å². The maximum atomic E-state index is 13.8. The van der Waals surface area contributed by atoms with E-state index in [9.17, 15) is 4.39 Å². The molecular formula is C15H18ClFN4. The molecule has 1 unspecified atom stereocenters. The maximum absolute atomic E-state index is 13.8. The van der Waals surface area contributed by atoms with Gasteiger partial charge in [0.15, 0.2) is 0 Å². The third kappa shape index (κ3) is 3.41. The smallest absolute Gasteiger partial charge is 0.137 e. The van der Waals surface area contributed by atoms with Gasteiger partial charge in [0.25, 0.3) is 0 Å². The normalized spacial score (nSPS) is 19.2. The summed E-state index contributed by atoms with van der Waals surface area (Å²) in [6.45, 7) is 2.70. The standard InChI is InChI=1S/C15H18ClFN4/c16-14-4-1-5-15(17)13(14)6-8-20-7-2-3-12(20)9-21-11-18-10-19-21/h1,4-5,10-12H,2-3,6-9H2. The van der Waals surface area contributed by atoms with Gasteiger partial charge in [0, 0.05) is 23.2 Å². The van der Waals surface area contributed by atoms with Gasteiger partial charge in [-0.25, -0.2) is 9.37 Å². The Bertz CT molecular complexity index is 567. The van der Waals surface area contributed by atoms with Crippen LogP contribution in [-0.2, 0) is 13.0 Å². The van der Waals surface area contributed by atoms with Gasteiger partial charge in [-0.05, 0) is 37.9 Å². The van der Waals surface area contributed by atoms with E-state index < -0.39 is 0 Å². The molecule has 21 heavy (non-hydrogen) atoms. The monoisotopic (exact) mass is 308 g/mol. The van der Waals surface area contributed by atoms with E-state index >= 15 is 0 Å². The zero-order valence-corrected chi connectivity index (χ0v) is 12.5. The highest BCUT2D eigenvalue weighted by Gasteiger charge is 2.25. The Morgan fingerprint density at radius 3 is 3.05 bits per heavy atom. The van der Waals surface area contributed by atoms with Crippen LogP contribution in [0.1, 0.15) is 18.4 Å². The summed E-state index contributed by atoms with van der Waals surface area (Å²) in [6.07, 6.45) is 6.25. The molecule has 0 aliphatic carbocycles. The van der Waals surface area contributed by atoms with E-state index in [4.69, 9.17) is 11.6 Å². The van der Waals surface area contributed by atoms with E-state index in [1.54, 1.807) is 24.8 Å². The lowest BCUT2D eigenvalue weighted by atomic mass is 10.1. The number of benzene rings is 1. The molecule has 1 saturated heterocycles. The molecule has 112 valence electrons. The van der Waals surface area contributed by atoms with Crippen LogP contribution in [0.3, 0.4) is 0 Å². The quantitative estimate of drug-likeness (QED) is 0.852. The zero-order valence-electron chi connectivity index (χ0n) is 11.8. The summed E-state index contributed by atoms with van der Waals surface area (Å²) in [7, 11) is 0. The van der Waals surface area contributed by atoms with Gasteiger partial charge in [0.1, 0.15) is 18.5 Å². The molecule has 6 heteroatoms. The van der Waals surface area contributed by atoms with Gasteiger partial charge in [-0.2, -0.15) is 5.10 Å². The van der Waals surface area contributed by atoms with Crippen molar-refractivity contribution in [2.45, 2.75) is 31.8 Å². The first-order valence-electron chi connectivity index (χ1n) is 7.23. The highest BCUT2D eigenvalue weighted by molar-refractivity contribution is 6.31. The Labute approximate surface area is 128 Å². The van der Waals surface area contributed by atoms with Crippen LogP contribution in [-0.4, -0.2) is 38.8 Å². The lowest BCUT2D eigenvalue weighted by Gasteiger charge is -2.24. The number of aromatic nitrogens is 3. The van der Waals surface area contributed by atoms with Crippen molar-refractivity contribution in [1.29, 1.82) is 0 Å². The van der Waals surface area contributed by atoms with Crippen LogP contribution in [0, 0.1) is 5.82 Å². The number of rotatable bonds is 5. The van der Waals surface area contributed by atoms with Crippen molar-refractivity contribution in [1.82, 2.24) is 19.7 Å². The molecule has 2 aromatic rings. The molecule has 0 bridgehead atoms. The molecule has 1 atom stereocenters. The second-order valence-corrected chi connectivity index (χ2v) is 5.81. The highest BCUT2D eigenvalue weighted by atomic mass is 35.5. The Hall–Kier alpha value is -1.46. The molecule has 1 fully saturated rings. The molecular weight excluding hydrogens is 291 g/mol. The SMILES string of the molecule is Fc1cccc(Cl)c1CCN1CCCC1Cn1cncn1. The Morgan fingerprint density at radius 1 is 1.38 bits per heavy atom. The lowest BCUT2D eigenvalue weighted by molar-refractivity contribution is 0.229. The predicted octanol–water partition coefficient (Wildman–Crippen LogP) is 2.78. The number of hydrogen-bond acceptors (Lipinski definition) is 3. The van der Waals surface area contributed by atoms with Crippen molar-refractivity contribution in [3.8, 4) is 0 Å². The summed E-state index contributed by atoms with van der Waals surface area (Å²) >= 11 is 6.09. The average molecular weight is 309 g/mol. The third-order valence-corrected chi connectivity index (χ3v) is 4.43. The number of hydrogen-bond donors (Lipinski definition) is 0. The molecule has 0 saturated carbocycles. The van der Waals surface area contributed by atoms with Crippen LogP contribution in [0.15, 0.2) is 30.9 Å². The molecule has 4 nitrogen and oxygen atoms in total. The number of nitrogens with zero attached hydrogens (tertiary/aromatic N) is 4. The molecule has 0 spiro atoms. The Balaban J connectivity index is 1.61. The summed E-state index contributed by atoms with van der Waals surface area (Å²) in [5, 5.41) is 4.67. The van der Waals surface area contributed by atoms with Crippen molar-refractivity contribution in [3.05, 3.63) is 47.3 Å². The van der Waals surface area contributed by atoms with Crippen LogP contribution in [0.2, 0.25) is 5.02 Å². The van der Waals surface area contributed by atoms with Crippen molar-refractivity contribution < 1.29 is 4.39 Å². The summed E-state index contributed by atoms with van der Waals surface area (Å²) in [4.78, 5) is 6.37. The second kappa shape index (κ2) is 6.54. The van der Waals surface area contributed by atoms with E-state index in [0.717, 1.165) is 26.1 Å². The maximum Gasteiger partial charge on any atom is 0.137 e. The molecule has 2 heterocycles. The molecule has 1 aromatic carbocycles. The van der Waals surface area contributed by atoms with Gasteiger partial charge >= 0.3 is 0 Å². The molecule has 1 aliphatic heterocycles. The van der Waals surface area contributed by atoms with Gasteiger partial charge in [-0.1, -0.05) is 17.7 Å². The first kappa shape index (κ1) is 14.5. The molecule has 0 radical (unpaired) electrons. The second-order valence-electron chi connectivity index (χ2n) is 5.40. The van der Waals surface area contributed by atoms with E-state index in [1.165, 1.54) is 12.5 Å². The van der Waals surface area contributed by atoms with Crippen molar-refractivity contribution in [3.63, 3.8) is 0 Å². The van der Waals surface area contributed by atoms with Crippen molar-refractivity contribution >= 4 is 11.6 Å². The minimum absolute atomic E-state index is 0.213.